The molecule has 0 aliphatic carbocycles. The molecular weight excluding hydrogens is 374 g/mol. The maximum absolute atomic E-state index is 13.3. The van der Waals surface area contributed by atoms with E-state index in [1.165, 1.54) is 18.5 Å². The lowest BCUT2D eigenvalue weighted by molar-refractivity contribution is -0.141. The molecule has 2 N–H and O–H groups in total. The number of nitrogen functional groups attached to an aromatic ring is 1. The second kappa shape index (κ2) is 5.68. The molecule has 132 valence electrons. The molecule has 0 bridgehead atoms. The summed E-state index contributed by atoms with van der Waals surface area (Å²) >= 11 is 0.377. The largest absolute Gasteiger partial charge is 0.435 e. The molecule has 0 amide bonds. The molecular formula is C12H6F6N6S. The predicted octanol–water partition coefficient (Wildman–Crippen LogP) is 3.41. The normalized spacial score (nSPS) is 12.6. The van der Waals surface area contributed by atoms with E-state index in [9.17, 15) is 26.3 Å². The number of aromatic nitrogens is 5. The first-order valence-electron chi connectivity index (χ1n) is 6.35. The molecule has 0 aromatic carbocycles. The van der Waals surface area contributed by atoms with E-state index in [2.05, 4.69) is 20.1 Å². The van der Waals surface area contributed by atoms with Crippen molar-refractivity contribution in [2.75, 3.05) is 5.73 Å². The van der Waals surface area contributed by atoms with Crippen molar-refractivity contribution >= 4 is 17.2 Å². The number of thiazole rings is 1. The highest BCUT2D eigenvalue weighted by Crippen LogP contribution is 2.42. The van der Waals surface area contributed by atoms with Gasteiger partial charge in [-0.25, -0.2) is 15.0 Å². The van der Waals surface area contributed by atoms with Crippen LogP contribution in [0.3, 0.4) is 0 Å². The van der Waals surface area contributed by atoms with Crippen LogP contribution in [0, 0.1) is 0 Å². The van der Waals surface area contributed by atoms with Gasteiger partial charge < -0.3 is 5.73 Å². The van der Waals surface area contributed by atoms with Crippen LogP contribution in [-0.2, 0) is 12.4 Å². The fraction of sp³-hybridized carbons (Fsp3) is 0.167. The molecule has 0 saturated heterocycles. The maximum atomic E-state index is 13.3. The Kier molecular flexibility index (Phi) is 3.89. The van der Waals surface area contributed by atoms with Crippen LogP contribution in [0.4, 0.5) is 32.2 Å². The van der Waals surface area contributed by atoms with Crippen molar-refractivity contribution in [3.63, 3.8) is 0 Å². The van der Waals surface area contributed by atoms with E-state index in [0.29, 0.717) is 21.4 Å². The van der Waals surface area contributed by atoms with Crippen LogP contribution in [-0.4, -0.2) is 24.7 Å². The number of alkyl halides is 6. The first-order chi connectivity index (χ1) is 11.6. The standard InChI is InChI=1S/C12H6F6N6S/c13-11(14,15)5-4-25-9(22-5)6-7(12(16,17)18)23-24(8(6)19)10-20-2-1-3-21-10/h1-4H,19H2. The van der Waals surface area contributed by atoms with Crippen LogP contribution in [0.25, 0.3) is 16.5 Å². The molecule has 3 rings (SSSR count). The topological polar surface area (TPSA) is 82.5 Å². The van der Waals surface area contributed by atoms with Gasteiger partial charge in [0.1, 0.15) is 10.8 Å². The average Bonchev–Trinajstić information content (AvgIpc) is 3.11. The molecule has 25 heavy (non-hydrogen) atoms. The third kappa shape index (κ3) is 3.14. The van der Waals surface area contributed by atoms with E-state index in [1.807, 2.05) is 0 Å². The van der Waals surface area contributed by atoms with Crippen molar-refractivity contribution in [2.24, 2.45) is 0 Å². The van der Waals surface area contributed by atoms with Gasteiger partial charge in [-0.05, 0) is 6.07 Å². The molecule has 3 heterocycles. The first kappa shape index (κ1) is 17.1. The summed E-state index contributed by atoms with van der Waals surface area (Å²) < 4.78 is 78.4. The van der Waals surface area contributed by atoms with Gasteiger partial charge in [0.2, 0.25) is 0 Å². The second-order valence-corrected chi connectivity index (χ2v) is 5.46. The molecule has 0 aliphatic rings. The van der Waals surface area contributed by atoms with Gasteiger partial charge in [-0.2, -0.15) is 36.1 Å². The number of hydrogen-bond donors (Lipinski definition) is 1. The van der Waals surface area contributed by atoms with E-state index in [0.717, 1.165) is 0 Å². The van der Waals surface area contributed by atoms with Gasteiger partial charge in [0.05, 0.1) is 5.56 Å². The van der Waals surface area contributed by atoms with E-state index in [-0.39, 0.29) is 5.95 Å². The summed E-state index contributed by atoms with van der Waals surface area (Å²) in [5.41, 5.74) is 2.15. The molecule has 0 fully saturated rings. The van der Waals surface area contributed by atoms with Gasteiger partial charge in [-0.3, -0.25) is 0 Å². The summed E-state index contributed by atoms with van der Waals surface area (Å²) in [5, 5.41) is 3.37. The van der Waals surface area contributed by atoms with Crippen LogP contribution in [0.5, 0.6) is 0 Å². The Morgan fingerprint density at radius 1 is 1.00 bits per heavy atom. The van der Waals surface area contributed by atoms with Gasteiger partial charge >= 0.3 is 12.4 Å². The lowest BCUT2D eigenvalue weighted by Crippen LogP contribution is -2.09. The number of rotatable bonds is 2. The Labute approximate surface area is 139 Å². The minimum absolute atomic E-state index is 0.260. The zero-order chi connectivity index (χ0) is 18.4. The maximum Gasteiger partial charge on any atom is 0.435 e. The van der Waals surface area contributed by atoms with Gasteiger partial charge in [0.15, 0.2) is 11.4 Å². The molecule has 3 aromatic rings. The zero-order valence-corrected chi connectivity index (χ0v) is 12.6. The van der Waals surface area contributed by atoms with Crippen LogP contribution in [0.15, 0.2) is 23.8 Å². The highest BCUT2D eigenvalue weighted by Gasteiger charge is 2.42. The van der Waals surface area contributed by atoms with Crippen LogP contribution < -0.4 is 5.73 Å². The fourth-order valence-corrected chi connectivity index (χ4v) is 2.79. The number of nitrogens with zero attached hydrogens (tertiary/aromatic N) is 5. The first-order valence-corrected chi connectivity index (χ1v) is 7.23. The zero-order valence-electron chi connectivity index (χ0n) is 11.8. The molecule has 13 heteroatoms. The van der Waals surface area contributed by atoms with Crippen molar-refractivity contribution in [2.45, 2.75) is 12.4 Å². The summed E-state index contributed by atoms with van der Waals surface area (Å²) in [5.74, 6) is -0.828. The predicted molar refractivity (Wildman–Crippen MR) is 74.7 cm³/mol. The van der Waals surface area contributed by atoms with Crippen molar-refractivity contribution < 1.29 is 26.3 Å². The fourth-order valence-electron chi connectivity index (χ4n) is 1.91. The molecule has 3 aromatic heterocycles. The molecule has 0 unspecified atom stereocenters. The summed E-state index contributed by atoms with van der Waals surface area (Å²) in [4.78, 5) is 10.7. The van der Waals surface area contributed by atoms with Crippen LogP contribution >= 0.6 is 11.3 Å². The summed E-state index contributed by atoms with van der Waals surface area (Å²) in [6.07, 6.45) is -7.25. The number of halogens is 6. The Bertz CT molecular complexity index is 897. The molecule has 6 nitrogen and oxygen atoms in total. The number of nitrogens with two attached hydrogens (primary N) is 1. The summed E-state index contributed by atoms with van der Waals surface area (Å²) in [6.45, 7) is 0. The Morgan fingerprint density at radius 3 is 2.16 bits per heavy atom. The number of anilines is 1. The van der Waals surface area contributed by atoms with Gasteiger partial charge in [-0.1, -0.05) is 0 Å². The molecule has 0 saturated carbocycles. The second-order valence-electron chi connectivity index (χ2n) is 4.60. The Morgan fingerprint density at radius 2 is 1.64 bits per heavy atom. The van der Waals surface area contributed by atoms with Gasteiger partial charge in [0, 0.05) is 17.8 Å². The van der Waals surface area contributed by atoms with E-state index >= 15 is 0 Å². The summed E-state index contributed by atoms with van der Waals surface area (Å²) in [6, 6.07) is 1.42. The monoisotopic (exact) mass is 380 g/mol. The number of hydrogen-bond acceptors (Lipinski definition) is 6. The SMILES string of the molecule is Nc1c(-c2nc(C(F)(F)F)cs2)c(C(F)(F)F)nn1-c1ncccn1. The van der Waals surface area contributed by atoms with E-state index in [4.69, 9.17) is 5.73 Å². The Balaban J connectivity index is 2.22. The van der Waals surface area contributed by atoms with Crippen molar-refractivity contribution in [1.82, 2.24) is 24.7 Å². The highest BCUT2D eigenvalue weighted by atomic mass is 32.1. The average molecular weight is 380 g/mol. The third-order valence-electron chi connectivity index (χ3n) is 2.94. The van der Waals surface area contributed by atoms with Crippen molar-refractivity contribution in [1.29, 1.82) is 0 Å². The molecule has 0 aliphatic heterocycles. The lowest BCUT2D eigenvalue weighted by Gasteiger charge is -2.04. The minimum Gasteiger partial charge on any atom is -0.383 e. The van der Waals surface area contributed by atoms with Crippen molar-refractivity contribution in [3.8, 4) is 16.5 Å². The molecule has 0 radical (unpaired) electrons. The Hall–Kier alpha value is -2.70. The van der Waals surface area contributed by atoms with Crippen LogP contribution in [0.2, 0.25) is 0 Å². The minimum atomic E-state index is -4.96. The smallest absolute Gasteiger partial charge is 0.383 e. The summed E-state index contributed by atoms with van der Waals surface area (Å²) in [7, 11) is 0. The lowest BCUT2D eigenvalue weighted by atomic mass is 10.2. The third-order valence-corrected chi connectivity index (χ3v) is 3.80. The van der Waals surface area contributed by atoms with E-state index in [1.54, 1.807) is 0 Å². The van der Waals surface area contributed by atoms with Gasteiger partial charge in [-0.15, -0.1) is 11.3 Å². The van der Waals surface area contributed by atoms with Gasteiger partial charge in [0.25, 0.3) is 5.95 Å². The van der Waals surface area contributed by atoms with E-state index < -0.39 is 40.1 Å². The van der Waals surface area contributed by atoms with Crippen molar-refractivity contribution in [3.05, 3.63) is 35.2 Å². The van der Waals surface area contributed by atoms with Crippen LogP contribution in [0.1, 0.15) is 11.4 Å². The quantitative estimate of drug-likeness (QED) is 0.689. The molecule has 0 spiro atoms. The highest BCUT2D eigenvalue weighted by molar-refractivity contribution is 7.13. The molecule has 0 atom stereocenters.